The van der Waals surface area contributed by atoms with Crippen molar-refractivity contribution >= 4 is 75.4 Å². The molecule has 6 fully saturated rings. The number of piperidine rings is 3. The van der Waals surface area contributed by atoms with Crippen molar-refractivity contribution in [3.63, 3.8) is 0 Å². The van der Waals surface area contributed by atoms with E-state index in [1.165, 1.54) is 42.3 Å². The number of aliphatic hydroxyl groups is 12. The number of carbonyl (C=O) groups excluding carboxylic acids is 5. The van der Waals surface area contributed by atoms with Gasteiger partial charge in [0.15, 0.2) is 18.9 Å². The summed E-state index contributed by atoms with van der Waals surface area (Å²) in [6, 6.07) is -2.19. The molecule has 19 unspecified atom stereocenters. The third-order valence-electron chi connectivity index (χ3n) is 22.4. The van der Waals surface area contributed by atoms with Crippen molar-refractivity contribution in [3.8, 4) is 0 Å². The number of methoxy groups -OCH3 is 2. The number of carbonyl (C=O) groups is 5. The maximum Gasteiger partial charge on any atom is 0.472 e. The number of nitrogens with zero attached hydrogens (tertiary/aromatic N) is 3. The van der Waals surface area contributed by atoms with Gasteiger partial charge in [0.25, 0.3) is 0 Å². The molecule has 0 aliphatic carbocycles. The predicted octanol–water partition coefficient (Wildman–Crippen LogP) is 4.95. The fraction of sp³-hybridized carbons (Fsp3) is 0.947. The Kier molecular flexibility index (Phi) is 87.8. The Bertz CT molecular complexity index is 3310. The van der Waals surface area contributed by atoms with Gasteiger partial charge in [-0.2, -0.15) is 0 Å². The fourth-order valence-corrected chi connectivity index (χ4v) is 18.3. The summed E-state index contributed by atoms with van der Waals surface area (Å²) in [5.41, 5.74) is -1.66. The number of rotatable bonds is 66. The number of amides is 5. The molecule has 0 aromatic carbocycles. The lowest BCUT2D eigenvalue weighted by Gasteiger charge is -2.42. The molecule has 6 saturated heterocycles. The first-order chi connectivity index (χ1) is 72.3. The average Bonchev–Trinajstić information content (AvgIpc) is 0.806. The Hall–Kier alpha value is -2.92. The second-order valence-electron chi connectivity index (χ2n) is 33.5. The van der Waals surface area contributed by atoms with Crippen LogP contribution in [0.25, 0.3) is 0 Å². The number of aliphatic hydroxyl groups excluding tert-OH is 12. The highest BCUT2D eigenvalue weighted by molar-refractivity contribution is 8.07. The smallest absolute Gasteiger partial charge is 0.400 e. The number of phosphoric ester groups is 3. The van der Waals surface area contributed by atoms with Crippen molar-refractivity contribution in [3.05, 3.63) is 0 Å². The molecule has 48 nitrogen and oxygen atoms in total. The van der Waals surface area contributed by atoms with Crippen LogP contribution in [-0.4, -0.2) is 454 Å². The minimum absolute atomic E-state index is 0. The van der Waals surface area contributed by atoms with Gasteiger partial charge < -0.3 is 168 Å². The Morgan fingerprint density at radius 2 is 0.687 bits per heavy atom. The Labute approximate surface area is 892 Å². The van der Waals surface area contributed by atoms with E-state index in [1.807, 2.05) is 41.5 Å². The van der Waals surface area contributed by atoms with Gasteiger partial charge in [0.2, 0.25) is 33.8 Å². The van der Waals surface area contributed by atoms with Crippen LogP contribution in [-0.2, 0) is 154 Å². The maximum atomic E-state index is 13.1. The van der Waals surface area contributed by atoms with Crippen molar-refractivity contribution in [2.45, 2.75) is 349 Å². The van der Waals surface area contributed by atoms with Crippen LogP contribution in [0.4, 0.5) is 0 Å². The molecule has 6 rings (SSSR count). The molecular weight excluding hydrogens is 2040 g/mol. The summed E-state index contributed by atoms with van der Waals surface area (Å²) in [5, 5.41) is 106. The van der Waals surface area contributed by atoms with Crippen LogP contribution in [0.1, 0.15) is 243 Å². The first-order valence-electron chi connectivity index (χ1n) is 53.3. The molecule has 17 N–H and O–H groups in total. The third kappa shape index (κ3) is 63.9. The van der Waals surface area contributed by atoms with Gasteiger partial charge >= 0.3 is 23.5 Å². The van der Waals surface area contributed by atoms with Gasteiger partial charge in [0.05, 0.1) is 116 Å². The van der Waals surface area contributed by atoms with E-state index in [9.17, 15) is 98.3 Å². The molecule has 0 aromatic rings. The van der Waals surface area contributed by atoms with E-state index >= 15 is 0 Å². The average molecular weight is 2250 g/mol. The molecule has 0 radical (unpaired) electrons. The molecule has 0 bridgehead atoms. The quantitative estimate of drug-likeness (QED) is 0.0283. The van der Waals surface area contributed by atoms with E-state index in [-0.39, 0.29) is 234 Å². The summed E-state index contributed by atoms with van der Waals surface area (Å²) in [4.78, 5) is 99.5. The largest absolute Gasteiger partial charge is 0.472 e. The molecule has 0 saturated carbocycles. The Balaban J connectivity index is -0.00000152. The van der Waals surface area contributed by atoms with Crippen molar-refractivity contribution in [1.82, 2.24) is 25.3 Å². The molecule has 5 amide bonds. The summed E-state index contributed by atoms with van der Waals surface area (Å²) >= 11 is 7.33. The number of hydrogen-bond acceptors (Lipinski definition) is 42. The monoisotopic (exact) mass is 2250 g/mol. The van der Waals surface area contributed by atoms with Gasteiger partial charge in [0.1, 0.15) is 66.5 Å². The van der Waals surface area contributed by atoms with Crippen molar-refractivity contribution in [2.75, 3.05) is 220 Å². The molecular formula is C94H194N5O43P3S2. The fourth-order valence-electron chi connectivity index (χ4n) is 15.2. The summed E-state index contributed by atoms with van der Waals surface area (Å²) in [7, 11) is -6.74. The highest BCUT2D eigenvalue weighted by Gasteiger charge is 2.49. The highest BCUT2D eigenvalue weighted by atomic mass is 32.8. The van der Waals surface area contributed by atoms with E-state index < -0.39 is 171 Å². The summed E-state index contributed by atoms with van der Waals surface area (Å²) in [6.07, 6.45) is -9.03. The number of hydrogen-bond donors (Lipinski definition) is 17. The molecule has 6 aliphatic rings. The zero-order chi connectivity index (χ0) is 115. The first kappa shape index (κ1) is 140. The third-order valence-corrected chi connectivity index (χ3v) is 25.6. The van der Waals surface area contributed by atoms with Gasteiger partial charge in [-0.3, -0.25) is 51.1 Å². The van der Waals surface area contributed by atoms with Crippen molar-refractivity contribution < 1.29 is 211 Å². The van der Waals surface area contributed by atoms with Crippen molar-refractivity contribution in [2.24, 2.45) is 11.3 Å². The summed E-state index contributed by atoms with van der Waals surface area (Å²) < 4.78 is 190. The number of unbranched alkanes of at least 4 members (excludes halogenated alkanes) is 4. The standard InChI is InChI=1S/C68H124N5O36P3.C15H32O4.3C2H6.3CH4O.2CH4.S2/c1-45-59(82)60(83)51(39-74)104-65(45)97-32-8-5-15-54(79)71-26-20-49(21-27-71)108-111(90,91)102-37-13-30-95-43-68(42-94-4,44-96-31-14-38-103-112(92,93)109-50-22-28-73(29-23-50)56(81)17-7-10-34-99-67-58(70-47(3)78)64(87)62(85)53(41-76)106-67)100-35-11-12-36-101-110(88,89)107-48-18-24-72(25-19-48)55(80)16-6-9-33-98-66-57(69-46(2)77)63(86)61(84)52(40-75)105-66;1-5-8-17-12-15(11-16-4,13-18-9-6-2)14-19-10-7-3;6*1-2;;;1-2/h45,48-53,57-67,74-76,82-87H,5-44H2,1-4H3,(H,69,77)(H,70,78)(H,88,89)(H,90,91)(H,92,93);5-14H2,1-4H3;3*1-2H3;3*2H,1H3;2*1H4;/i;1D,2D,3D;;;;3*2T;;;. The first-order valence-corrected chi connectivity index (χ1v) is 55.7. The van der Waals surface area contributed by atoms with Crippen LogP contribution >= 0.6 is 23.5 Å². The summed E-state index contributed by atoms with van der Waals surface area (Å²) in [5.74, 6) is -1.94. The second-order valence-corrected chi connectivity index (χ2v) is 37.7. The van der Waals surface area contributed by atoms with Crippen LogP contribution in [0.15, 0.2) is 0 Å². The lowest BCUT2D eigenvalue weighted by atomic mass is 9.92. The van der Waals surface area contributed by atoms with Gasteiger partial charge in [-0.25, -0.2) is 13.7 Å². The van der Waals surface area contributed by atoms with E-state index in [4.69, 9.17) is 102 Å². The molecule has 19 atom stereocenters. The normalized spacial score (nSPS) is 24.8. The van der Waals surface area contributed by atoms with Crippen LogP contribution in [0, 0.1) is 11.3 Å². The molecule has 6 heterocycles. The number of nitrogens with one attached hydrogen (secondary N) is 2. The van der Waals surface area contributed by atoms with Gasteiger partial charge in [-0.05, 0) is 122 Å². The van der Waals surface area contributed by atoms with Gasteiger partial charge in [-0.15, -0.1) is 0 Å². The summed E-state index contributed by atoms with van der Waals surface area (Å²) in [6.45, 7) is 19.9. The van der Waals surface area contributed by atoms with Crippen LogP contribution in [0.2, 0.25) is 0 Å². The van der Waals surface area contributed by atoms with Crippen LogP contribution in [0.5, 0.6) is 0 Å². The SMILES string of the molecule is C.C.CC.CC.CC.COCC(COCCCOP(=O)(O)OC1CCN(C(=O)CCCCOC2OC(CO)C(O)C(O)C2C)CC1)(COCCCOP(=O)(O)OC1CCN(C(=O)CCCCOC2OC(CO)C(O)C(O)C2NC(C)=O)CC1)OCCCCOP(=O)(O)OC1CCN(C(=O)CCCCOC2OC(CO)C(O)C(O)C2NC(C)=O)CC1.S=S.[2H]CCCOCC(COC)(COCCC[2H])COCCC[2H].[3H]OC.[3H]OC.[3H]OC. The minimum atomic E-state index is -4.58. The molecule has 880 valence electrons. The van der Waals surface area contributed by atoms with Crippen LogP contribution in [0.3, 0.4) is 0 Å². The Morgan fingerprint density at radius 1 is 0.408 bits per heavy atom. The lowest BCUT2D eigenvalue weighted by molar-refractivity contribution is -0.282. The second kappa shape index (κ2) is 92.1. The van der Waals surface area contributed by atoms with Crippen molar-refractivity contribution in [1.29, 1.82) is 4.29 Å². The number of likely N-dealkylation sites (tertiary alicyclic amines) is 3. The minimum Gasteiger partial charge on any atom is -0.400 e. The molecule has 0 aromatic heterocycles. The van der Waals surface area contributed by atoms with E-state index in [0.717, 1.165) is 0 Å². The predicted molar refractivity (Wildman–Crippen MR) is 551 cm³/mol. The Morgan fingerprint density at radius 3 is 0.986 bits per heavy atom. The number of phosphoric acid groups is 3. The van der Waals surface area contributed by atoms with Gasteiger partial charge in [0, 0.05) is 200 Å². The number of ether oxygens (including phenoxy) is 14. The zero-order valence-electron chi connectivity index (χ0n) is 93.9. The van der Waals surface area contributed by atoms with E-state index in [2.05, 4.69) is 48.3 Å². The lowest BCUT2D eigenvalue weighted by Crippen LogP contribution is -2.64. The topological polar surface area (TPSA) is 658 Å². The van der Waals surface area contributed by atoms with E-state index in [1.54, 1.807) is 28.7 Å². The maximum absolute atomic E-state index is 13.1. The highest BCUT2D eigenvalue weighted by Crippen LogP contribution is 2.49. The molecule has 53 heteroatoms. The molecule has 6 aliphatic heterocycles. The zero-order valence-corrected chi connectivity index (χ0v) is 92.2. The van der Waals surface area contributed by atoms with Crippen LogP contribution < -0.4 is 10.6 Å². The molecule has 0 spiro atoms. The molecule has 147 heavy (non-hydrogen) atoms. The van der Waals surface area contributed by atoms with E-state index in [0.29, 0.717) is 131 Å². The van der Waals surface area contributed by atoms with Gasteiger partial charge in [-0.1, -0.05) is 84.0 Å².